The van der Waals surface area contributed by atoms with Crippen molar-refractivity contribution in [1.29, 1.82) is 0 Å². The van der Waals surface area contributed by atoms with Crippen LogP contribution in [0.25, 0.3) is 0 Å². The first-order valence-corrected chi connectivity index (χ1v) is 4.73. The summed E-state index contributed by atoms with van der Waals surface area (Å²) in [5.41, 5.74) is -1.09. The number of ketones is 2. The zero-order valence-corrected chi connectivity index (χ0v) is 8.46. The Hall–Kier alpha value is -1.19. The molecule has 0 aliphatic heterocycles. The minimum atomic E-state index is -1.09. The van der Waals surface area contributed by atoms with Crippen molar-refractivity contribution in [3.8, 4) is 0 Å². The van der Waals surface area contributed by atoms with Crippen molar-refractivity contribution < 1.29 is 19.1 Å². The molecule has 0 aromatic rings. The molecular weight excluding hydrogens is 184 g/mol. The first-order chi connectivity index (χ1) is 6.50. The second-order valence-electron chi connectivity index (χ2n) is 3.69. The molecule has 4 nitrogen and oxygen atoms in total. The second kappa shape index (κ2) is 3.90. The molecule has 0 aromatic heterocycles. The lowest BCUT2D eigenvalue weighted by Crippen LogP contribution is -2.42. The molecule has 0 radical (unpaired) electrons. The molecule has 0 aromatic carbocycles. The van der Waals surface area contributed by atoms with Crippen LogP contribution >= 0.6 is 0 Å². The molecule has 4 heteroatoms. The summed E-state index contributed by atoms with van der Waals surface area (Å²) in [7, 11) is 0. The molecule has 0 N–H and O–H groups in total. The van der Waals surface area contributed by atoms with Gasteiger partial charge in [-0.1, -0.05) is 0 Å². The summed E-state index contributed by atoms with van der Waals surface area (Å²) in [4.78, 5) is 34.0. The zero-order valence-electron chi connectivity index (χ0n) is 8.46. The number of ether oxygens (including phenoxy) is 1. The molecule has 1 unspecified atom stereocenters. The maximum atomic E-state index is 11.5. The van der Waals surface area contributed by atoms with Crippen molar-refractivity contribution >= 4 is 17.5 Å². The third kappa shape index (κ3) is 1.84. The highest BCUT2D eigenvalue weighted by molar-refractivity contribution is 6.13. The SMILES string of the molecule is CCOC(=O)C1(C)CCC(=O)CC1=O. The first-order valence-electron chi connectivity index (χ1n) is 4.73. The molecule has 1 aliphatic rings. The van der Waals surface area contributed by atoms with E-state index in [-0.39, 0.29) is 31.0 Å². The Balaban J connectivity index is 2.78. The van der Waals surface area contributed by atoms with E-state index in [0.717, 1.165) is 0 Å². The molecule has 1 rings (SSSR count). The van der Waals surface area contributed by atoms with Gasteiger partial charge in [0.05, 0.1) is 13.0 Å². The Morgan fingerprint density at radius 1 is 1.50 bits per heavy atom. The molecular formula is C10H14O4. The fourth-order valence-corrected chi connectivity index (χ4v) is 1.50. The van der Waals surface area contributed by atoms with Crippen LogP contribution in [-0.4, -0.2) is 24.1 Å². The molecule has 0 heterocycles. The van der Waals surface area contributed by atoms with Crippen LogP contribution in [0.15, 0.2) is 0 Å². The average Bonchev–Trinajstić information content (AvgIpc) is 2.12. The summed E-state index contributed by atoms with van der Waals surface area (Å²) in [5.74, 6) is -0.901. The Morgan fingerprint density at radius 3 is 2.64 bits per heavy atom. The van der Waals surface area contributed by atoms with Gasteiger partial charge < -0.3 is 4.74 Å². The van der Waals surface area contributed by atoms with Gasteiger partial charge in [-0.3, -0.25) is 14.4 Å². The first kappa shape index (κ1) is 10.9. The highest BCUT2D eigenvalue weighted by Crippen LogP contribution is 2.32. The average molecular weight is 198 g/mol. The number of hydrogen-bond acceptors (Lipinski definition) is 4. The smallest absolute Gasteiger partial charge is 0.319 e. The predicted molar refractivity (Wildman–Crippen MR) is 48.6 cm³/mol. The van der Waals surface area contributed by atoms with Gasteiger partial charge >= 0.3 is 5.97 Å². The third-order valence-corrected chi connectivity index (χ3v) is 2.60. The molecule has 1 fully saturated rings. The monoisotopic (exact) mass is 198 g/mol. The van der Waals surface area contributed by atoms with Gasteiger partial charge in [0.2, 0.25) is 0 Å². The number of Topliss-reactive ketones (excluding diaryl/α,β-unsaturated/α-hetero) is 2. The number of carbonyl (C=O) groups is 3. The van der Waals surface area contributed by atoms with Crippen molar-refractivity contribution in [2.45, 2.75) is 33.1 Å². The van der Waals surface area contributed by atoms with Crippen LogP contribution in [0.4, 0.5) is 0 Å². The lowest BCUT2D eigenvalue weighted by Gasteiger charge is -2.28. The molecule has 1 saturated carbocycles. The summed E-state index contributed by atoms with van der Waals surface area (Å²) in [5, 5.41) is 0. The summed E-state index contributed by atoms with van der Waals surface area (Å²) in [6, 6.07) is 0. The van der Waals surface area contributed by atoms with Gasteiger partial charge in [0.1, 0.15) is 11.2 Å². The van der Waals surface area contributed by atoms with E-state index in [1.807, 2.05) is 0 Å². The predicted octanol–water partition coefficient (Wildman–Crippen LogP) is 0.878. The number of hydrogen-bond donors (Lipinski definition) is 0. The second-order valence-corrected chi connectivity index (χ2v) is 3.69. The van der Waals surface area contributed by atoms with E-state index in [0.29, 0.717) is 6.42 Å². The summed E-state index contributed by atoms with van der Waals surface area (Å²) in [6.07, 6.45) is 0.444. The fourth-order valence-electron chi connectivity index (χ4n) is 1.50. The summed E-state index contributed by atoms with van der Waals surface area (Å²) in [6.45, 7) is 3.51. The highest BCUT2D eigenvalue weighted by atomic mass is 16.5. The van der Waals surface area contributed by atoms with Gasteiger partial charge in [-0.25, -0.2) is 0 Å². The van der Waals surface area contributed by atoms with Gasteiger partial charge in [0, 0.05) is 6.42 Å². The van der Waals surface area contributed by atoms with Crippen molar-refractivity contribution in [3.63, 3.8) is 0 Å². The Labute approximate surface area is 82.6 Å². The maximum Gasteiger partial charge on any atom is 0.319 e. The molecule has 78 valence electrons. The van der Waals surface area contributed by atoms with E-state index < -0.39 is 11.4 Å². The number of esters is 1. The number of carbonyl (C=O) groups excluding carboxylic acids is 3. The molecule has 1 aliphatic carbocycles. The zero-order chi connectivity index (χ0) is 10.8. The molecule has 1 atom stereocenters. The van der Waals surface area contributed by atoms with Gasteiger partial charge in [0.15, 0.2) is 5.78 Å². The highest BCUT2D eigenvalue weighted by Gasteiger charge is 2.45. The van der Waals surface area contributed by atoms with Crippen LogP contribution in [0, 0.1) is 5.41 Å². The lowest BCUT2D eigenvalue weighted by atomic mass is 9.74. The van der Waals surface area contributed by atoms with Crippen LogP contribution in [-0.2, 0) is 19.1 Å². The van der Waals surface area contributed by atoms with Gasteiger partial charge in [-0.2, -0.15) is 0 Å². The van der Waals surface area contributed by atoms with Crippen molar-refractivity contribution in [3.05, 3.63) is 0 Å². The van der Waals surface area contributed by atoms with Crippen LogP contribution in [0.2, 0.25) is 0 Å². The molecule has 0 amide bonds. The molecule has 0 bridgehead atoms. The normalized spacial score (nSPS) is 27.6. The quantitative estimate of drug-likeness (QED) is 0.488. The Kier molecular flexibility index (Phi) is 3.03. The van der Waals surface area contributed by atoms with Crippen LogP contribution < -0.4 is 0 Å². The van der Waals surface area contributed by atoms with Crippen LogP contribution in [0.3, 0.4) is 0 Å². The topological polar surface area (TPSA) is 60.4 Å². The van der Waals surface area contributed by atoms with Crippen molar-refractivity contribution in [1.82, 2.24) is 0 Å². The third-order valence-electron chi connectivity index (χ3n) is 2.60. The Morgan fingerprint density at radius 2 is 2.14 bits per heavy atom. The van der Waals surface area contributed by atoms with E-state index in [1.54, 1.807) is 13.8 Å². The van der Waals surface area contributed by atoms with E-state index in [1.165, 1.54) is 0 Å². The molecule has 0 saturated heterocycles. The van der Waals surface area contributed by atoms with Gasteiger partial charge in [-0.05, 0) is 20.3 Å². The minimum absolute atomic E-state index is 0.0863. The Bertz CT molecular complexity index is 282. The van der Waals surface area contributed by atoms with Crippen molar-refractivity contribution in [2.75, 3.05) is 6.61 Å². The standard InChI is InChI=1S/C10H14O4/c1-3-14-9(13)10(2)5-4-7(11)6-8(10)12/h3-6H2,1-2H3. The molecule has 0 spiro atoms. The fraction of sp³-hybridized carbons (Fsp3) is 0.700. The van der Waals surface area contributed by atoms with Gasteiger partial charge in [0.25, 0.3) is 0 Å². The van der Waals surface area contributed by atoms with Crippen LogP contribution in [0.1, 0.15) is 33.1 Å². The van der Waals surface area contributed by atoms with E-state index in [4.69, 9.17) is 4.74 Å². The van der Waals surface area contributed by atoms with E-state index in [2.05, 4.69) is 0 Å². The van der Waals surface area contributed by atoms with E-state index >= 15 is 0 Å². The van der Waals surface area contributed by atoms with Gasteiger partial charge in [-0.15, -0.1) is 0 Å². The molecule has 14 heavy (non-hydrogen) atoms. The maximum absolute atomic E-state index is 11.5. The van der Waals surface area contributed by atoms with E-state index in [9.17, 15) is 14.4 Å². The minimum Gasteiger partial charge on any atom is -0.465 e. The van der Waals surface area contributed by atoms with Crippen molar-refractivity contribution in [2.24, 2.45) is 5.41 Å². The summed E-state index contributed by atoms with van der Waals surface area (Å²) >= 11 is 0. The summed E-state index contributed by atoms with van der Waals surface area (Å²) < 4.78 is 4.82. The number of rotatable bonds is 2. The largest absolute Gasteiger partial charge is 0.465 e. The lowest BCUT2D eigenvalue weighted by molar-refractivity contribution is -0.161. The van der Waals surface area contributed by atoms with Crippen LogP contribution in [0.5, 0.6) is 0 Å².